The SMILES string of the molecule is O=C(Nc1ccc(Oc2ccccc2F)nc1)N1CCc2ccccc2CC1. The molecular weight excluding hydrogens is 357 g/mol. The van der Waals surface area contributed by atoms with Gasteiger partial charge in [-0.1, -0.05) is 36.4 Å². The van der Waals surface area contributed by atoms with Gasteiger partial charge in [0.15, 0.2) is 11.6 Å². The second kappa shape index (κ2) is 8.08. The Kier molecular flexibility index (Phi) is 5.19. The summed E-state index contributed by atoms with van der Waals surface area (Å²) in [6.45, 7) is 1.34. The van der Waals surface area contributed by atoms with Crippen LogP contribution in [0, 0.1) is 5.82 Å². The number of fused-ring (bicyclic) bond motifs is 1. The predicted octanol–water partition coefficient (Wildman–Crippen LogP) is 4.65. The first-order valence-corrected chi connectivity index (χ1v) is 9.20. The molecule has 0 fully saturated rings. The van der Waals surface area contributed by atoms with Gasteiger partial charge < -0.3 is 15.0 Å². The monoisotopic (exact) mass is 377 g/mol. The average Bonchev–Trinajstić information content (AvgIpc) is 2.94. The number of hydrogen-bond donors (Lipinski definition) is 1. The lowest BCUT2D eigenvalue weighted by Gasteiger charge is -2.20. The third-order valence-electron chi connectivity index (χ3n) is 4.75. The lowest BCUT2D eigenvalue weighted by molar-refractivity contribution is 0.214. The van der Waals surface area contributed by atoms with Crippen LogP contribution in [0.3, 0.4) is 0 Å². The molecule has 5 nitrogen and oxygen atoms in total. The van der Waals surface area contributed by atoms with Crippen LogP contribution in [0.2, 0.25) is 0 Å². The summed E-state index contributed by atoms with van der Waals surface area (Å²) in [6, 6.07) is 17.6. The fraction of sp³-hybridized carbons (Fsp3) is 0.182. The van der Waals surface area contributed by atoms with E-state index in [9.17, 15) is 9.18 Å². The van der Waals surface area contributed by atoms with Gasteiger partial charge in [-0.2, -0.15) is 0 Å². The van der Waals surface area contributed by atoms with Crippen LogP contribution in [-0.2, 0) is 12.8 Å². The Bertz CT molecular complexity index is 949. The molecule has 0 unspecified atom stereocenters. The number of nitrogens with one attached hydrogen (secondary N) is 1. The van der Waals surface area contributed by atoms with Crippen molar-refractivity contribution >= 4 is 11.7 Å². The number of nitrogens with zero attached hydrogens (tertiary/aromatic N) is 2. The van der Waals surface area contributed by atoms with E-state index in [0.717, 1.165) is 12.8 Å². The molecule has 0 atom stereocenters. The van der Waals surface area contributed by atoms with Crippen LogP contribution >= 0.6 is 0 Å². The summed E-state index contributed by atoms with van der Waals surface area (Å²) in [6.07, 6.45) is 3.19. The molecule has 3 aromatic rings. The van der Waals surface area contributed by atoms with E-state index in [1.807, 2.05) is 17.0 Å². The summed E-state index contributed by atoms with van der Waals surface area (Å²) in [5, 5.41) is 2.86. The van der Waals surface area contributed by atoms with Crippen LogP contribution in [0.15, 0.2) is 66.9 Å². The van der Waals surface area contributed by atoms with Gasteiger partial charge in [-0.3, -0.25) is 0 Å². The van der Waals surface area contributed by atoms with E-state index >= 15 is 0 Å². The largest absolute Gasteiger partial charge is 0.436 e. The number of aromatic nitrogens is 1. The molecule has 0 saturated carbocycles. The van der Waals surface area contributed by atoms with Crippen molar-refractivity contribution in [2.24, 2.45) is 0 Å². The van der Waals surface area contributed by atoms with E-state index < -0.39 is 5.82 Å². The first-order chi connectivity index (χ1) is 13.7. The minimum atomic E-state index is -0.455. The number of carbonyl (C=O) groups excluding carboxylic acids is 1. The van der Waals surface area contributed by atoms with Crippen LogP contribution in [0.5, 0.6) is 11.6 Å². The first kappa shape index (κ1) is 18.0. The number of hydrogen-bond acceptors (Lipinski definition) is 3. The summed E-state index contributed by atoms with van der Waals surface area (Å²) in [7, 11) is 0. The smallest absolute Gasteiger partial charge is 0.321 e. The number of amides is 2. The Morgan fingerprint density at radius 3 is 2.29 bits per heavy atom. The Labute approximate surface area is 162 Å². The van der Waals surface area contributed by atoms with Gasteiger partial charge in [-0.05, 0) is 42.2 Å². The van der Waals surface area contributed by atoms with Crippen molar-refractivity contribution in [3.63, 3.8) is 0 Å². The number of rotatable bonds is 3. The molecule has 1 N–H and O–H groups in total. The first-order valence-electron chi connectivity index (χ1n) is 9.20. The van der Waals surface area contributed by atoms with E-state index in [1.54, 1.807) is 24.3 Å². The van der Waals surface area contributed by atoms with Crippen molar-refractivity contribution in [1.29, 1.82) is 0 Å². The van der Waals surface area contributed by atoms with Gasteiger partial charge in [-0.25, -0.2) is 14.2 Å². The van der Waals surface area contributed by atoms with Crippen LogP contribution in [0.4, 0.5) is 14.9 Å². The van der Waals surface area contributed by atoms with Crippen LogP contribution in [0.1, 0.15) is 11.1 Å². The van der Waals surface area contributed by atoms with Gasteiger partial charge in [-0.15, -0.1) is 0 Å². The Hall–Kier alpha value is -3.41. The number of para-hydroxylation sites is 1. The molecule has 142 valence electrons. The van der Waals surface area contributed by atoms with Crippen molar-refractivity contribution in [2.45, 2.75) is 12.8 Å². The summed E-state index contributed by atoms with van der Waals surface area (Å²) >= 11 is 0. The summed E-state index contributed by atoms with van der Waals surface area (Å²) in [4.78, 5) is 18.5. The van der Waals surface area contributed by atoms with E-state index in [0.29, 0.717) is 18.8 Å². The zero-order valence-electron chi connectivity index (χ0n) is 15.3. The molecule has 0 bridgehead atoms. The number of ether oxygens (including phenoxy) is 1. The molecule has 1 aromatic heterocycles. The highest BCUT2D eigenvalue weighted by molar-refractivity contribution is 5.89. The van der Waals surface area contributed by atoms with Crippen molar-refractivity contribution in [2.75, 3.05) is 18.4 Å². The number of carbonyl (C=O) groups is 1. The molecule has 0 saturated heterocycles. The van der Waals surface area contributed by atoms with Gasteiger partial charge in [0.05, 0.1) is 11.9 Å². The summed E-state index contributed by atoms with van der Waals surface area (Å²) in [5.74, 6) is -0.0897. The number of benzene rings is 2. The lowest BCUT2D eigenvalue weighted by atomic mass is 10.0. The Morgan fingerprint density at radius 2 is 1.64 bits per heavy atom. The van der Waals surface area contributed by atoms with E-state index in [-0.39, 0.29) is 17.7 Å². The van der Waals surface area contributed by atoms with Gasteiger partial charge in [0, 0.05) is 19.2 Å². The maximum absolute atomic E-state index is 13.6. The van der Waals surface area contributed by atoms with E-state index in [2.05, 4.69) is 22.4 Å². The van der Waals surface area contributed by atoms with Crippen molar-refractivity contribution < 1.29 is 13.9 Å². The normalized spacial score (nSPS) is 13.4. The lowest BCUT2D eigenvalue weighted by Crippen LogP contribution is -2.36. The van der Waals surface area contributed by atoms with E-state index in [4.69, 9.17) is 4.74 Å². The third kappa shape index (κ3) is 4.11. The highest BCUT2D eigenvalue weighted by atomic mass is 19.1. The highest BCUT2D eigenvalue weighted by Gasteiger charge is 2.18. The molecule has 0 radical (unpaired) electrons. The minimum absolute atomic E-state index is 0.107. The second-order valence-corrected chi connectivity index (χ2v) is 6.60. The van der Waals surface area contributed by atoms with Crippen LogP contribution in [0.25, 0.3) is 0 Å². The minimum Gasteiger partial charge on any atom is -0.436 e. The zero-order chi connectivity index (χ0) is 19.3. The molecule has 6 heteroatoms. The standard InChI is InChI=1S/C22H20FN3O2/c23-19-7-3-4-8-20(19)28-21-10-9-18(15-24-21)25-22(27)26-13-11-16-5-1-2-6-17(16)12-14-26/h1-10,15H,11-14H2,(H,25,27). The molecule has 1 aliphatic heterocycles. The molecule has 4 rings (SSSR count). The molecule has 0 spiro atoms. The highest BCUT2D eigenvalue weighted by Crippen LogP contribution is 2.23. The van der Waals surface area contributed by atoms with Gasteiger partial charge in [0.1, 0.15) is 0 Å². The summed E-state index contributed by atoms with van der Waals surface area (Å²) < 4.78 is 19.1. The Morgan fingerprint density at radius 1 is 0.964 bits per heavy atom. The molecular formula is C22H20FN3O2. The van der Waals surface area contributed by atoms with Crippen LogP contribution < -0.4 is 10.1 Å². The second-order valence-electron chi connectivity index (χ2n) is 6.60. The third-order valence-corrected chi connectivity index (χ3v) is 4.75. The molecule has 2 heterocycles. The maximum atomic E-state index is 13.6. The molecule has 28 heavy (non-hydrogen) atoms. The molecule has 1 aliphatic rings. The number of urea groups is 1. The fourth-order valence-electron chi connectivity index (χ4n) is 3.23. The predicted molar refractivity (Wildman–Crippen MR) is 105 cm³/mol. The van der Waals surface area contributed by atoms with Gasteiger partial charge in [0.2, 0.25) is 5.88 Å². The molecule has 0 aliphatic carbocycles. The zero-order valence-corrected chi connectivity index (χ0v) is 15.3. The van der Waals surface area contributed by atoms with E-state index in [1.165, 1.54) is 29.5 Å². The number of halogens is 1. The van der Waals surface area contributed by atoms with Gasteiger partial charge >= 0.3 is 6.03 Å². The molecule has 2 amide bonds. The quantitative estimate of drug-likeness (QED) is 0.723. The average molecular weight is 377 g/mol. The maximum Gasteiger partial charge on any atom is 0.321 e. The van der Waals surface area contributed by atoms with Crippen molar-refractivity contribution in [3.8, 4) is 11.6 Å². The summed E-state index contributed by atoms with van der Waals surface area (Å²) in [5.41, 5.74) is 3.16. The van der Waals surface area contributed by atoms with Crippen molar-refractivity contribution in [3.05, 3.63) is 83.8 Å². The van der Waals surface area contributed by atoms with Crippen molar-refractivity contribution in [1.82, 2.24) is 9.88 Å². The fourth-order valence-corrected chi connectivity index (χ4v) is 3.23. The number of anilines is 1. The Balaban J connectivity index is 1.37. The number of pyridine rings is 1. The van der Waals surface area contributed by atoms with Crippen LogP contribution in [-0.4, -0.2) is 29.0 Å². The topological polar surface area (TPSA) is 54.5 Å². The molecule has 2 aromatic carbocycles. The van der Waals surface area contributed by atoms with Gasteiger partial charge in [0.25, 0.3) is 0 Å².